The van der Waals surface area contributed by atoms with Crippen LogP contribution in [0.4, 0.5) is 26.3 Å². The molecule has 1 aromatic carbocycles. The lowest BCUT2D eigenvalue weighted by molar-refractivity contribution is -0.297. The van der Waals surface area contributed by atoms with Crippen LogP contribution in [-0.2, 0) is 11.8 Å². The molecule has 2 amide bonds. The molecule has 6 nitrogen and oxygen atoms in total. The first kappa shape index (κ1) is 30.9. The highest BCUT2D eigenvalue weighted by atomic mass is 32.1. The van der Waals surface area contributed by atoms with Gasteiger partial charge in [0.05, 0.1) is 10.5 Å². The van der Waals surface area contributed by atoms with Gasteiger partial charge in [0.1, 0.15) is 5.69 Å². The molecule has 0 aliphatic carbocycles. The molecule has 1 atom stereocenters. The van der Waals surface area contributed by atoms with E-state index in [9.17, 15) is 41.0 Å². The monoisotopic (exact) mass is 579 g/mol. The first-order valence-electron chi connectivity index (χ1n) is 12.4. The third-order valence-corrected chi connectivity index (χ3v) is 8.05. The average Bonchev–Trinajstić information content (AvgIpc) is 3.46. The molecular formula is C26H31F6N3O3S. The Balaban J connectivity index is 2.17. The summed E-state index contributed by atoms with van der Waals surface area (Å²) in [5, 5.41) is 12.3. The molecule has 3 rings (SSSR count). The van der Waals surface area contributed by atoms with E-state index in [1.807, 2.05) is 6.92 Å². The van der Waals surface area contributed by atoms with Gasteiger partial charge in [0.25, 0.3) is 11.8 Å². The van der Waals surface area contributed by atoms with Crippen molar-refractivity contribution in [1.29, 1.82) is 0 Å². The maximum absolute atomic E-state index is 13.7. The Morgan fingerprint density at radius 3 is 2.23 bits per heavy atom. The van der Waals surface area contributed by atoms with Crippen LogP contribution in [0.5, 0.6) is 0 Å². The van der Waals surface area contributed by atoms with E-state index in [1.54, 1.807) is 11.8 Å². The minimum atomic E-state index is -5.61. The van der Waals surface area contributed by atoms with E-state index in [4.69, 9.17) is 0 Å². The van der Waals surface area contributed by atoms with Crippen LogP contribution in [0.15, 0.2) is 18.2 Å². The normalized spacial score (nSPS) is 17.0. The van der Waals surface area contributed by atoms with E-state index in [0.717, 1.165) is 42.4 Å². The molecule has 0 bridgehead atoms. The first-order valence-corrected chi connectivity index (χ1v) is 13.2. The van der Waals surface area contributed by atoms with Crippen molar-refractivity contribution in [3.05, 3.63) is 40.0 Å². The van der Waals surface area contributed by atoms with E-state index in [-0.39, 0.29) is 52.6 Å². The smallest absolute Gasteiger partial charge is 0.389 e. The van der Waals surface area contributed by atoms with Crippen molar-refractivity contribution in [2.45, 2.75) is 83.3 Å². The van der Waals surface area contributed by atoms with E-state index in [1.165, 1.54) is 13.8 Å². The number of alkyl halides is 6. The summed E-state index contributed by atoms with van der Waals surface area (Å²) in [6, 6.07) is 2.64. The molecule has 1 aliphatic rings. The number of aliphatic hydroxyl groups is 1. The topological polar surface area (TPSA) is 82.5 Å². The van der Waals surface area contributed by atoms with Crippen molar-refractivity contribution in [2.24, 2.45) is 0 Å². The van der Waals surface area contributed by atoms with E-state index in [2.05, 4.69) is 10.3 Å². The summed E-state index contributed by atoms with van der Waals surface area (Å²) in [5.41, 5.74) is -6.04. The van der Waals surface area contributed by atoms with Gasteiger partial charge < -0.3 is 15.3 Å². The number of nitrogens with one attached hydrogen (secondary N) is 1. The van der Waals surface area contributed by atoms with Crippen molar-refractivity contribution in [2.75, 3.05) is 13.1 Å². The lowest BCUT2D eigenvalue weighted by Crippen LogP contribution is -2.51. The minimum absolute atomic E-state index is 0.0564. The predicted octanol–water partition coefficient (Wildman–Crippen LogP) is 5.88. The third kappa shape index (κ3) is 6.08. The lowest BCUT2D eigenvalue weighted by Gasteiger charge is -2.34. The van der Waals surface area contributed by atoms with Crippen LogP contribution in [0.2, 0.25) is 0 Å². The second kappa shape index (κ2) is 10.7. The van der Waals surface area contributed by atoms with E-state index < -0.39 is 40.7 Å². The van der Waals surface area contributed by atoms with Gasteiger partial charge in [-0.25, -0.2) is 4.98 Å². The predicted molar refractivity (Wildman–Crippen MR) is 135 cm³/mol. The van der Waals surface area contributed by atoms with Crippen LogP contribution in [0, 0.1) is 0 Å². The van der Waals surface area contributed by atoms with Gasteiger partial charge in [-0.2, -0.15) is 26.3 Å². The molecule has 2 aromatic rings. The Morgan fingerprint density at radius 1 is 1.13 bits per heavy atom. The molecule has 1 fully saturated rings. The fourth-order valence-corrected chi connectivity index (χ4v) is 5.43. The number of halogens is 6. The number of hydrogen-bond acceptors (Lipinski definition) is 5. The largest absolute Gasteiger partial charge is 0.406 e. The molecule has 0 unspecified atom stereocenters. The molecule has 1 saturated heterocycles. The molecule has 2 heterocycles. The second-order valence-corrected chi connectivity index (χ2v) is 11.5. The van der Waals surface area contributed by atoms with Gasteiger partial charge in [-0.05, 0) is 63.6 Å². The zero-order chi connectivity index (χ0) is 29.6. The number of aryl methyl sites for hydroxylation is 1. The molecule has 1 aromatic heterocycles. The van der Waals surface area contributed by atoms with Crippen LogP contribution in [0.3, 0.4) is 0 Å². The summed E-state index contributed by atoms with van der Waals surface area (Å²) >= 11 is 0.817. The molecule has 0 spiro atoms. The minimum Gasteiger partial charge on any atom is -0.389 e. The number of benzene rings is 1. The fourth-order valence-electron chi connectivity index (χ4n) is 4.39. The summed E-state index contributed by atoms with van der Waals surface area (Å²) in [6.45, 7) is 6.83. The number of amides is 2. The van der Waals surface area contributed by atoms with Crippen LogP contribution < -0.4 is 5.32 Å². The lowest BCUT2D eigenvalue weighted by atomic mass is 9.79. The standard InChI is InChI=1S/C26H31F6N3O3S/c1-6-15-12-16(24(5,25(27,28)29)26(30,31)32)9-10-17(15)19-18(22(37)35-11-7-8-14(35)2)34-21(39-19)20(36)33-13-23(3,4)38/h9-10,12,14,38H,6-8,11,13H2,1-5H3,(H,33,36)/t14-/m0/s1. The number of hydrogen-bond donors (Lipinski definition) is 2. The molecular weight excluding hydrogens is 548 g/mol. The van der Waals surface area contributed by atoms with Crippen molar-refractivity contribution in [1.82, 2.24) is 15.2 Å². The van der Waals surface area contributed by atoms with Gasteiger partial charge in [-0.1, -0.05) is 25.1 Å². The van der Waals surface area contributed by atoms with Gasteiger partial charge >= 0.3 is 12.4 Å². The quantitative estimate of drug-likeness (QED) is 0.402. The van der Waals surface area contributed by atoms with Crippen LogP contribution in [0.1, 0.15) is 78.9 Å². The SMILES string of the molecule is CCc1cc(C(C)(C(F)(F)F)C(F)(F)F)ccc1-c1sc(C(=O)NCC(C)(C)O)nc1C(=O)N1CCC[C@@H]1C. The molecule has 0 saturated carbocycles. The second-order valence-electron chi connectivity index (χ2n) is 10.5. The first-order chi connectivity index (χ1) is 17.8. The molecule has 39 heavy (non-hydrogen) atoms. The van der Waals surface area contributed by atoms with E-state index in [0.29, 0.717) is 6.54 Å². The van der Waals surface area contributed by atoms with E-state index >= 15 is 0 Å². The third-order valence-electron chi connectivity index (χ3n) is 6.96. The number of aromatic nitrogens is 1. The summed E-state index contributed by atoms with van der Waals surface area (Å²) in [7, 11) is 0. The molecule has 0 radical (unpaired) electrons. The van der Waals surface area contributed by atoms with Gasteiger partial charge in [0.2, 0.25) is 0 Å². The van der Waals surface area contributed by atoms with Gasteiger partial charge in [-0.3, -0.25) is 9.59 Å². The highest BCUT2D eigenvalue weighted by molar-refractivity contribution is 7.17. The highest BCUT2D eigenvalue weighted by Crippen LogP contribution is 2.52. The van der Waals surface area contributed by atoms with Crippen molar-refractivity contribution >= 4 is 23.2 Å². The summed E-state index contributed by atoms with van der Waals surface area (Å²) in [5.74, 6) is -1.15. The Bertz CT molecular complexity index is 1220. The van der Waals surface area contributed by atoms with Crippen LogP contribution in [-0.4, -0.2) is 63.9 Å². The molecule has 216 valence electrons. The fraction of sp³-hybridized carbons (Fsp3) is 0.577. The van der Waals surface area contributed by atoms with Crippen LogP contribution in [0.25, 0.3) is 10.4 Å². The Morgan fingerprint density at radius 2 is 1.74 bits per heavy atom. The Hall–Kier alpha value is -2.67. The molecule has 1 aliphatic heterocycles. The summed E-state index contributed by atoms with van der Waals surface area (Å²) in [6.07, 6.45) is -9.65. The number of nitrogens with zero attached hydrogens (tertiary/aromatic N) is 2. The zero-order valence-electron chi connectivity index (χ0n) is 22.2. The van der Waals surface area contributed by atoms with Gasteiger partial charge in [0, 0.05) is 19.1 Å². The Labute approximate surface area is 226 Å². The van der Waals surface area contributed by atoms with Crippen molar-refractivity contribution < 1.29 is 41.0 Å². The van der Waals surface area contributed by atoms with Crippen LogP contribution >= 0.6 is 11.3 Å². The average molecular weight is 580 g/mol. The van der Waals surface area contributed by atoms with Crippen molar-refractivity contribution in [3.63, 3.8) is 0 Å². The number of likely N-dealkylation sites (tertiary alicyclic amines) is 1. The maximum Gasteiger partial charge on any atom is 0.406 e. The Kier molecular flexibility index (Phi) is 8.48. The zero-order valence-corrected chi connectivity index (χ0v) is 23.0. The number of rotatable bonds is 7. The van der Waals surface area contributed by atoms with Crippen molar-refractivity contribution in [3.8, 4) is 10.4 Å². The summed E-state index contributed by atoms with van der Waals surface area (Å²) in [4.78, 5) is 32.3. The number of carbonyl (C=O) groups excluding carboxylic acids is 2. The molecule has 13 heteroatoms. The molecule has 2 N–H and O–H groups in total. The number of carbonyl (C=O) groups is 2. The van der Waals surface area contributed by atoms with Gasteiger partial charge in [-0.15, -0.1) is 11.3 Å². The maximum atomic E-state index is 13.7. The number of thiazole rings is 1. The highest BCUT2D eigenvalue weighted by Gasteiger charge is 2.68. The summed E-state index contributed by atoms with van der Waals surface area (Å²) < 4.78 is 82.4. The van der Waals surface area contributed by atoms with Gasteiger partial charge in [0.15, 0.2) is 10.4 Å².